The van der Waals surface area contributed by atoms with Gasteiger partial charge in [-0.25, -0.2) is 14.4 Å². The number of anilines is 1. The summed E-state index contributed by atoms with van der Waals surface area (Å²) in [7, 11) is 1.61. The first-order chi connectivity index (χ1) is 13.7. The maximum atomic E-state index is 13.3. The lowest BCUT2D eigenvalue weighted by Gasteiger charge is -2.20. The molecule has 1 aliphatic heterocycles. The molecule has 0 saturated carbocycles. The second-order valence-corrected chi connectivity index (χ2v) is 6.59. The summed E-state index contributed by atoms with van der Waals surface area (Å²) < 4.78 is 30.2. The number of hydrogen-bond acceptors (Lipinski definition) is 6. The molecule has 0 amide bonds. The van der Waals surface area contributed by atoms with Gasteiger partial charge >= 0.3 is 0 Å². The van der Waals surface area contributed by atoms with E-state index in [1.165, 1.54) is 18.5 Å². The molecule has 0 aliphatic carbocycles. The molecule has 2 atom stereocenters. The van der Waals surface area contributed by atoms with Crippen LogP contribution in [-0.4, -0.2) is 49.0 Å². The summed E-state index contributed by atoms with van der Waals surface area (Å²) in [6.07, 6.45) is 1.48. The van der Waals surface area contributed by atoms with Gasteiger partial charge < -0.3 is 19.5 Å². The fourth-order valence-electron chi connectivity index (χ4n) is 3.44. The van der Waals surface area contributed by atoms with Crippen molar-refractivity contribution in [3.8, 4) is 16.9 Å². The molecule has 28 heavy (non-hydrogen) atoms. The van der Waals surface area contributed by atoms with Crippen LogP contribution in [0, 0.1) is 5.82 Å². The molecule has 0 radical (unpaired) electrons. The Morgan fingerprint density at radius 1 is 1.14 bits per heavy atom. The molecule has 146 valence electrons. The number of hydrogen-bond donors (Lipinski definition) is 1. The predicted octanol–water partition coefficient (Wildman–Crippen LogP) is 3.66. The van der Waals surface area contributed by atoms with Crippen molar-refractivity contribution in [3.05, 3.63) is 48.5 Å². The minimum Gasteiger partial charge on any atom is -0.494 e. The fourth-order valence-corrected chi connectivity index (χ4v) is 3.44. The summed E-state index contributed by atoms with van der Waals surface area (Å²) in [5.41, 5.74) is 2.48. The van der Waals surface area contributed by atoms with Gasteiger partial charge in [0.05, 0.1) is 26.4 Å². The third-order valence-corrected chi connectivity index (χ3v) is 4.83. The van der Waals surface area contributed by atoms with Crippen LogP contribution in [0.2, 0.25) is 0 Å². The van der Waals surface area contributed by atoms with Crippen molar-refractivity contribution in [2.75, 3.05) is 32.2 Å². The van der Waals surface area contributed by atoms with Crippen LogP contribution in [0.15, 0.2) is 42.7 Å². The van der Waals surface area contributed by atoms with Gasteiger partial charge in [-0.15, -0.1) is 0 Å². The maximum Gasteiger partial charge on any atom is 0.145 e. The quantitative estimate of drug-likeness (QED) is 0.701. The second kappa shape index (κ2) is 8.08. The SMILES string of the molecule is CCO[C@H]1COC[C@@H]1Nc1ncnc2c(OC)cc(-c3ccc(F)cc3)cc12. The van der Waals surface area contributed by atoms with E-state index in [2.05, 4.69) is 15.3 Å². The van der Waals surface area contributed by atoms with Gasteiger partial charge in [0.25, 0.3) is 0 Å². The number of rotatable bonds is 6. The third kappa shape index (κ3) is 3.63. The maximum absolute atomic E-state index is 13.3. The summed E-state index contributed by atoms with van der Waals surface area (Å²) in [6, 6.07) is 10.2. The molecular weight excluding hydrogens is 361 g/mol. The second-order valence-electron chi connectivity index (χ2n) is 6.59. The van der Waals surface area contributed by atoms with E-state index >= 15 is 0 Å². The van der Waals surface area contributed by atoms with Crippen LogP contribution in [0.4, 0.5) is 10.2 Å². The first-order valence-corrected chi connectivity index (χ1v) is 9.24. The first kappa shape index (κ1) is 18.6. The van der Waals surface area contributed by atoms with Crippen molar-refractivity contribution >= 4 is 16.7 Å². The van der Waals surface area contributed by atoms with E-state index < -0.39 is 0 Å². The van der Waals surface area contributed by atoms with Gasteiger partial charge in [0.1, 0.15) is 35.3 Å². The van der Waals surface area contributed by atoms with E-state index in [9.17, 15) is 4.39 Å². The van der Waals surface area contributed by atoms with Crippen molar-refractivity contribution in [2.45, 2.75) is 19.1 Å². The summed E-state index contributed by atoms with van der Waals surface area (Å²) in [5.74, 6) is 1.05. The molecule has 0 bridgehead atoms. The van der Waals surface area contributed by atoms with Crippen molar-refractivity contribution < 1.29 is 18.6 Å². The lowest BCUT2D eigenvalue weighted by Crippen LogP contribution is -2.34. The number of nitrogens with one attached hydrogen (secondary N) is 1. The van der Waals surface area contributed by atoms with Crippen LogP contribution in [0.25, 0.3) is 22.0 Å². The highest BCUT2D eigenvalue weighted by Crippen LogP contribution is 2.34. The largest absolute Gasteiger partial charge is 0.494 e. The zero-order chi connectivity index (χ0) is 19.5. The minimum absolute atomic E-state index is 0.00137. The zero-order valence-electron chi connectivity index (χ0n) is 15.8. The molecule has 6 nitrogen and oxygen atoms in total. The molecule has 1 N–H and O–H groups in total. The standard InChI is InChI=1S/C21H22FN3O3/c1-3-28-19-11-27-10-17(19)25-21-16-8-14(13-4-6-15(22)7-5-13)9-18(26-2)20(16)23-12-24-21/h4-9,12,17,19H,3,10-11H2,1-2H3,(H,23,24,25)/t17-,19-/m0/s1. The number of nitrogens with zero attached hydrogens (tertiary/aromatic N) is 2. The van der Waals surface area contributed by atoms with E-state index in [4.69, 9.17) is 14.2 Å². The first-order valence-electron chi connectivity index (χ1n) is 9.24. The molecule has 4 rings (SSSR count). The smallest absolute Gasteiger partial charge is 0.145 e. The van der Waals surface area contributed by atoms with Gasteiger partial charge in [-0.1, -0.05) is 12.1 Å². The Morgan fingerprint density at radius 2 is 1.96 bits per heavy atom. The van der Waals surface area contributed by atoms with Crippen LogP contribution in [0.5, 0.6) is 5.75 Å². The lowest BCUT2D eigenvalue weighted by molar-refractivity contribution is 0.0478. The number of aromatic nitrogens is 2. The Bertz CT molecular complexity index is 965. The number of ether oxygens (including phenoxy) is 3. The van der Waals surface area contributed by atoms with E-state index in [1.54, 1.807) is 19.2 Å². The highest BCUT2D eigenvalue weighted by Gasteiger charge is 2.29. The molecule has 2 heterocycles. The monoisotopic (exact) mass is 383 g/mol. The van der Waals surface area contributed by atoms with Crippen LogP contribution >= 0.6 is 0 Å². The van der Waals surface area contributed by atoms with Gasteiger partial charge in [0.15, 0.2) is 0 Å². The van der Waals surface area contributed by atoms with Crippen molar-refractivity contribution in [1.82, 2.24) is 9.97 Å². The molecule has 0 unspecified atom stereocenters. The average molecular weight is 383 g/mol. The summed E-state index contributed by atoms with van der Waals surface area (Å²) in [5, 5.41) is 4.26. The minimum atomic E-state index is -0.273. The normalized spacial score (nSPS) is 19.1. The summed E-state index contributed by atoms with van der Waals surface area (Å²) in [6.45, 7) is 3.69. The van der Waals surface area contributed by atoms with E-state index in [1.807, 2.05) is 19.1 Å². The topological polar surface area (TPSA) is 65.5 Å². The highest BCUT2D eigenvalue weighted by molar-refractivity contribution is 5.96. The Morgan fingerprint density at radius 3 is 2.71 bits per heavy atom. The molecule has 7 heteroatoms. The van der Waals surface area contributed by atoms with E-state index in [0.29, 0.717) is 36.9 Å². The van der Waals surface area contributed by atoms with Gasteiger partial charge in [-0.3, -0.25) is 0 Å². The van der Waals surface area contributed by atoms with Crippen molar-refractivity contribution in [3.63, 3.8) is 0 Å². The summed E-state index contributed by atoms with van der Waals surface area (Å²) >= 11 is 0. The van der Waals surface area contributed by atoms with E-state index in [-0.39, 0.29) is 18.0 Å². The third-order valence-electron chi connectivity index (χ3n) is 4.83. The molecule has 2 aromatic carbocycles. The molecule has 1 fully saturated rings. The van der Waals surface area contributed by atoms with Crippen molar-refractivity contribution in [2.24, 2.45) is 0 Å². The molecule has 1 aromatic heterocycles. The Hall–Kier alpha value is -2.77. The fraction of sp³-hybridized carbons (Fsp3) is 0.333. The van der Waals surface area contributed by atoms with Gasteiger partial charge in [-0.2, -0.15) is 0 Å². The number of fused-ring (bicyclic) bond motifs is 1. The number of halogens is 1. The van der Waals surface area contributed by atoms with Gasteiger partial charge in [-0.05, 0) is 42.3 Å². The molecule has 3 aromatic rings. The zero-order valence-corrected chi connectivity index (χ0v) is 15.8. The van der Waals surface area contributed by atoms with Gasteiger partial charge in [0.2, 0.25) is 0 Å². The number of benzene rings is 2. The summed E-state index contributed by atoms with van der Waals surface area (Å²) in [4.78, 5) is 8.83. The van der Waals surface area contributed by atoms with Crippen LogP contribution in [0.3, 0.4) is 0 Å². The van der Waals surface area contributed by atoms with Crippen LogP contribution in [0.1, 0.15) is 6.92 Å². The molecule has 1 saturated heterocycles. The molecule has 0 spiro atoms. The Balaban J connectivity index is 1.76. The van der Waals surface area contributed by atoms with E-state index in [0.717, 1.165) is 16.5 Å². The van der Waals surface area contributed by atoms with Crippen molar-refractivity contribution in [1.29, 1.82) is 0 Å². The van der Waals surface area contributed by atoms with Gasteiger partial charge in [0, 0.05) is 12.0 Å². The molecule has 1 aliphatic rings. The van der Waals surface area contributed by atoms with Crippen LogP contribution < -0.4 is 10.1 Å². The van der Waals surface area contributed by atoms with Crippen LogP contribution in [-0.2, 0) is 9.47 Å². The highest BCUT2D eigenvalue weighted by atomic mass is 19.1. The molecular formula is C21H22FN3O3. The Kier molecular flexibility index (Phi) is 5.36. The predicted molar refractivity (Wildman–Crippen MR) is 105 cm³/mol. The average Bonchev–Trinajstić information content (AvgIpc) is 3.15. The lowest BCUT2D eigenvalue weighted by atomic mass is 10.0. The Labute approximate surface area is 162 Å². The number of methoxy groups -OCH3 is 1.